The van der Waals surface area contributed by atoms with Gasteiger partial charge < -0.3 is 14.3 Å². The van der Waals surface area contributed by atoms with Gasteiger partial charge >= 0.3 is 5.97 Å². The molecule has 1 N–H and O–H groups in total. The molecular formula is C18H12N2O5. The van der Waals surface area contributed by atoms with Crippen molar-refractivity contribution < 1.29 is 19.1 Å². The number of methoxy groups -OCH3 is 1. The number of fused-ring (bicyclic) bond motifs is 2. The molecule has 2 aliphatic heterocycles. The Morgan fingerprint density at radius 1 is 1.20 bits per heavy atom. The number of hydrogen-bond donors (Lipinski definition) is 1. The molecule has 0 atom stereocenters. The number of hydrogen-bond acceptors (Lipinski definition) is 5. The summed E-state index contributed by atoms with van der Waals surface area (Å²) in [6, 6.07) is 13.0. The van der Waals surface area contributed by atoms with Gasteiger partial charge in [-0.1, -0.05) is 12.1 Å². The summed E-state index contributed by atoms with van der Waals surface area (Å²) < 4.78 is 12.2. The Bertz CT molecular complexity index is 1120. The van der Waals surface area contributed by atoms with Crippen LogP contribution in [0.5, 0.6) is 5.75 Å². The van der Waals surface area contributed by atoms with Gasteiger partial charge in [0.15, 0.2) is 11.3 Å². The molecule has 2 heterocycles. The lowest BCUT2D eigenvalue weighted by molar-refractivity contribution is 0.0697. The van der Waals surface area contributed by atoms with Crippen LogP contribution in [0.4, 0.5) is 0 Å². The zero-order chi connectivity index (χ0) is 17.6. The minimum absolute atomic E-state index is 0.132. The van der Waals surface area contributed by atoms with Crippen LogP contribution >= 0.6 is 0 Å². The summed E-state index contributed by atoms with van der Waals surface area (Å²) in [4.78, 5) is 23.6. The maximum atomic E-state index is 12.6. The predicted octanol–water partition coefficient (Wildman–Crippen LogP) is 2.79. The van der Waals surface area contributed by atoms with Crippen LogP contribution in [0.3, 0.4) is 0 Å². The maximum absolute atomic E-state index is 12.6. The van der Waals surface area contributed by atoms with Crippen LogP contribution < -0.4 is 10.3 Å². The van der Waals surface area contributed by atoms with Gasteiger partial charge in [-0.3, -0.25) is 4.79 Å². The average Bonchev–Trinajstić information content (AvgIpc) is 2.95. The summed E-state index contributed by atoms with van der Waals surface area (Å²) in [6.45, 7) is 0. The monoisotopic (exact) mass is 336 g/mol. The first-order valence-corrected chi connectivity index (χ1v) is 7.42. The SMILES string of the molecule is COc1cccc2cc3c(=O)n(-c4ccc(C(=O)O)cc4)nc-3oc12. The van der Waals surface area contributed by atoms with Crippen LogP contribution in [0, 0.1) is 0 Å². The van der Waals surface area contributed by atoms with Gasteiger partial charge in [-0.25, -0.2) is 4.79 Å². The summed E-state index contributed by atoms with van der Waals surface area (Å²) in [7, 11) is 1.54. The molecule has 25 heavy (non-hydrogen) atoms. The number of benzene rings is 2. The van der Waals surface area contributed by atoms with E-state index in [9.17, 15) is 9.59 Å². The number of carboxylic acid groups (broad SMARTS) is 1. The Morgan fingerprint density at radius 2 is 1.96 bits per heavy atom. The highest BCUT2D eigenvalue weighted by Gasteiger charge is 2.20. The van der Waals surface area contributed by atoms with Crippen molar-refractivity contribution >= 4 is 16.9 Å². The smallest absolute Gasteiger partial charge is 0.335 e. The molecule has 0 radical (unpaired) electrons. The van der Waals surface area contributed by atoms with E-state index in [2.05, 4.69) is 5.10 Å². The number of ether oxygens (including phenoxy) is 1. The minimum Gasteiger partial charge on any atom is -0.493 e. The number of carboxylic acids is 1. The van der Waals surface area contributed by atoms with Gasteiger partial charge in [0.1, 0.15) is 5.56 Å². The molecule has 0 fully saturated rings. The van der Waals surface area contributed by atoms with Crippen molar-refractivity contribution in [2.24, 2.45) is 0 Å². The molecule has 7 heteroatoms. The summed E-state index contributed by atoms with van der Waals surface area (Å²) in [5.41, 5.74) is 1.09. The lowest BCUT2D eigenvalue weighted by Gasteiger charge is -2.04. The van der Waals surface area contributed by atoms with E-state index in [1.807, 2.05) is 12.1 Å². The number of aromatic carboxylic acids is 1. The van der Waals surface area contributed by atoms with E-state index < -0.39 is 5.97 Å². The largest absolute Gasteiger partial charge is 0.493 e. The third-order valence-corrected chi connectivity index (χ3v) is 3.93. The van der Waals surface area contributed by atoms with E-state index >= 15 is 0 Å². The van der Waals surface area contributed by atoms with Crippen molar-refractivity contribution in [3.63, 3.8) is 0 Å². The molecule has 0 bridgehead atoms. The highest BCUT2D eigenvalue weighted by molar-refractivity contribution is 5.88. The molecule has 0 spiro atoms. The zero-order valence-electron chi connectivity index (χ0n) is 13.1. The molecule has 2 aromatic carbocycles. The van der Waals surface area contributed by atoms with E-state index in [1.165, 1.54) is 36.1 Å². The van der Waals surface area contributed by atoms with Crippen molar-refractivity contribution in [1.29, 1.82) is 0 Å². The summed E-state index contributed by atoms with van der Waals surface area (Å²) in [5.74, 6) is -0.301. The van der Waals surface area contributed by atoms with Crippen LogP contribution in [0.2, 0.25) is 0 Å². The van der Waals surface area contributed by atoms with E-state index in [1.54, 1.807) is 12.1 Å². The van der Waals surface area contributed by atoms with Gasteiger partial charge in [0.25, 0.3) is 5.56 Å². The van der Waals surface area contributed by atoms with Crippen molar-refractivity contribution in [1.82, 2.24) is 9.78 Å². The molecule has 0 aromatic heterocycles. The predicted molar refractivity (Wildman–Crippen MR) is 89.7 cm³/mol. The number of para-hydroxylation sites is 1. The van der Waals surface area contributed by atoms with E-state index in [0.717, 1.165) is 5.39 Å². The van der Waals surface area contributed by atoms with Gasteiger partial charge in [-0.2, -0.15) is 4.68 Å². The van der Waals surface area contributed by atoms with Crippen LogP contribution in [-0.2, 0) is 0 Å². The lowest BCUT2D eigenvalue weighted by atomic mass is 10.1. The Hall–Kier alpha value is -3.61. The second-order valence-electron chi connectivity index (χ2n) is 5.41. The molecule has 0 saturated heterocycles. The lowest BCUT2D eigenvalue weighted by Crippen LogP contribution is -2.14. The van der Waals surface area contributed by atoms with Crippen molar-refractivity contribution in [2.45, 2.75) is 0 Å². The summed E-state index contributed by atoms with van der Waals surface area (Å²) in [6.07, 6.45) is 0. The first-order valence-electron chi connectivity index (χ1n) is 7.42. The first-order chi connectivity index (χ1) is 12.1. The molecule has 0 aliphatic carbocycles. The van der Waals surface area contributed by atoms with Crippen LogP contribution in [0.25, 0.3) is 28.1 Å². The van der Waals surface area contributed by atoms with Gasteiger partial charge in [0.05, 0.1) is 18.4 Å². The van der Waals surface area contributed by atoms with Gasteiger partial charge in [0.2, 0.25) is 5.89 Å². The Kier molecular flexibility index (Phi) is 3.28. The quantitative estimate of drug-likeness (QED) is 0.618. The summed E-state index contributed by atoms with van der Waals surface area (Å²) >= 11 is 0. The third kappa shape index (κ3) is 2.33. The molecule has 0 amide bonds. The Balaban J connectivity index is 1.93. The fourth-order valence-electron chi connectivity index (χ4n) is 2.68. The second kappa shape index (κ2) is 5.48. The van der Waals surface area contributed by atoms with E-state index in [0.29, 0.717) is 22.6 Å². The normalized spacial score (nSPS) is 11.1. The molecule has 4 rings (SSSR count). The van der Waals surface area contributed by atoms with Gasteiger partial charge in [0, 0.05) is 5.39 Å². The van der Waals surface area contributed by atoms with Crippen molar-refractivity contribution in [3.05, 3.63) is 64.4 Å². The van der Waals surface area contributed by atoms with Crippen LogP contribution in [0.15, 0.2) is 57.7 Å². The molecule has 124 valence electrons. The fraction of sp³-hybridized carbons (Fsp3) is 0.0556. The number of aromatic nitrogens is 2. The minimum atomic E-state index is -1.03. The Morgan fingerprint density at radius 3 is 2.64 bits per heavy atom. The van der Waals surface area contributed by atoms with E-state index in [4.69, 9.17) is 14.3 Å². The third-order valence-electron chi connectivity index (χ3n) is 3.93. The zero-order valence-corrected chi connectivity index (χ0v) is 13.1. The summed E-state index contributed by atoms with van der Waals surface area (Å²) in [5, 5.41) is 13.9. The molecular weight excluding hydrogens is 324 g/mol. The van der Waals surface area contributed by atoms with Gasteiger partial charge in [-0.05, 0) is 36.4 Å². The number of rotatable bonds is 3. The molecule has 0 unspecified atom stereocenters. The van der Waals surface area contributed by atoms with Crippen molar-refractivity contribution in [2.75, 3.05) is 7.11 Å². The second-order valence-corrected chi connectivity index (χ2v) is 5.41. The number of nitrogens with zero attached hydrogens (tertiary/aromatic N) is 2. The standard InChI is InChI=1S/C18H12N2O5/c1-24-14-4-2-3-11-9-13-16(25-15(11)14)19-20(17(13)21)12-7-5-10(6-8-12)18(22)23/h2-9H,1H3,(H,22,23). The topological polar surface area (TPSA) is 94.6 Å². The van der Waals surface area contributed by atoms with E-state index in [-0.39, 0.29) is 17.0 Å². The Labute approximate surface area is 141 Å². The molecule has 7 nitrogen and oxygen atoms in total. The fourth-order valence-corrected chi connectivity index (χ4v) is 2.68. The highest BCUT2D eigenvalue weighted by Crippen LogP contribution is 2.31. The molecule has 2 aromatic rings. The maximum Gasteiger partial charge on any atom is 0.335 e. The molecule has 2 aliphatic rings. The van der Waals surface area contributed by atoms with Crippen LogP contribution in [0.1, 0.15) is 10.4 Å². The highest BCUT2D eigenvalue weighted by atomic mass is 16.5. The first kappa shape index (κ1) is 14.9. The average molecular weight is 336 g/mol. The van der Waals surface area contributed by atoms with Crippen molar-refractivity contribution in [3.8, 4) is 22.9 Å². The molecule has 0 saturated carbocycles. The number of carbonyl (C=O) groups is 1. The van der Waals surface area contributed by atoms with Crippen LogP contribution in [-0.4, -0.2) is 28.0 Å². The van der Waals surface area contributed by atoms with Gasteiger partial charge in [-0.15, -0.1) is 5.10 Å².